The van der Waals surface area contributed by atoms with Gasteiger partial charge in [0.15, 0.2) is 6.10 Å². The maximum atomic E-state index is 12.5. The minimum absolute atomic E-state index is 0.0687. The molecule has 0 aromatic heterocycles. The van der Waals surface area contributed by atoms with Crippen molar-refractivity contribution in [3.05, 3.63) is 42.0 Å². The van der Waals surface area contributed by atoms with Crippen LogP contribution in [-0.2, 0) is 4.79 Å². The van der Waals surface area contributed by atoms with Gasteiger partial charge in [0.05, 0.1) is 0 Å². The Morgan fingerprint density at radius 2 is 2.00 bits per heavy atom. The smallest absolute Gasteiger partial charge is 0.263 e. The number of hydrogen-bond acceptors (Lipinski definition) is 3. The summed E-state index contributed by atoms with van der Waals surface area (Å²) in [6.45, 7) is 13.9. The first-order valence-electron chi connectivity index (χ1n) is 7.88. The summed E-state index contributed by atoms with van der Waals surface area (Å²) < 4.78 is 5.89. The van der Waals surface area contributed by atoms with Crippen LogP contribution < -0.4 is 4.74 Å². The van der Waals surface area contributed by atoms with Crippen LogP contribution in [0.2, 0.25) is 0 Å². The SMILES string of the molecule is C=CCN1CCN(C(=O)[C@@H](C)Oc2cccc(C)c2C)CC1. The molecule has 22 heavy (non-hydrogen) atoms. The highest BCUT2D eigenvalue weighted by Gasteiger charge is 2.25. The fourth-order valence-electron chi connectivity index (χ4n) is 2.68. The fourth-order valence-corrected chi connectivity index (χ4v) is 2.68. The van der Waals surface area contributed by atoms with Gasteiger partial charge in [0.2, 0.25) is 0 Å². The van der Waals surface area contributed by atoms with E-state index in [-0.39, 0.29) is 5.91 Å². The summed E-state index contributed by atoms with van der Waals surface area (Å²) >= 11 is 0. The van der Waals surface area contributed by atoms with Crippen LogP contribution >= 0.6 is 0 Å². The summed E-state index contributed by atoms with van der Waals surface area (Å²) in [5.74, 6) is 0.866. The summed E-state index contributed by atoms with van der Waals surface area (Å²) in [6, 6.07) is 5.94. The van der Waals surface area contributed by atoms with Gasteiger partial charge >= 0.3 is 0 Å². The quantitative estimate of drug-likeness (QED) is 0.783. The molecular formula is C18H26N2O2. The zero-order chi connectivity index (χ0) is 16.1. The van der Waals surface area contributed by atoms with Crippen molar-refractivity contribution in [3.8, 4) is 5.75 Å². The van der Waals surface area contributed by atoms with E-state index in [1.807, 2.05) is 49.9 Å². The van der Waals surface area contributed by atoms with Crippen molar-refractivity contribution in [3.63, 3.8) is 0 Å². The molecule has 1 heterocycles. The van der Waals surface area contributed by atoms with E-state index in [4.69, 9.17) is 4.74 Å². The van der Waals surface area contributed by atoms with Crippen LogP contribution in [0.5, 0.6) is 5.75 Å². The lowest BCUT2D eigenvalue weighted by Crippen LogP contribution is -2.51. The number of carbonyl (C=O) groups excluding carboxylic acids is 1. The van der Waals surface area contributed by atoms with E-state index in [0.717, 1.165) is 44.0 Å². The van der Waals surface area contributed by atoms with Gasteiger partial charge in [0.1, 0.15) is 5.75 Å². The van der Waals surface area contributed by atoms with Crippen molar-refractivity contribution in [2.24, 2.45) is 0 Å². The Bertz CT molecular complexity index is 534. The molecule has 1 aliphatic rings. The molecular weight excluding hydrogens is 276 g/mol. The lowest BCUT2D eigenvalue weighted by molar-refractivity contribution is -0.139. The number of amides is 1. The number of hydrogen-bond donors (Lipinski definition) is 0. The van der Waals surface area contributed by atoms with E-state index in [1.54, 1.807) is 0 Å². The van der Waals surface area contributed by atoms with Crippen molar-refractivity contribution in [2.75, 3.05) is 32.7 Å². The van der Waals surface area contributed by atoms with Crippen molar-refractivity contribution in [1.29, 1.82) is 0 Å². The van der Waals surface area contributed by atoms with Gasteiger partial charge in [-0.3, -0.25) is 9.69 Å². The number of piperazine rings is 1. The highest BCUT2D eigenvalue weighted by molar-refractivity contribution is 5.81. The van der Waals surface area contributed by atoms with Gasteiger partial charge in [0.25, 0.3) is 5.91 Å². The van der Waals surface area contributed by atoms with Gasteiger partial charge in [-0.1, -0.05) is 18.2 Å². The van der Waals surface area contributed by atoms with Crippen molar-refractivity contribution in [1.82, 2.24) is 9.80 Å². The Morgan fingerprint density at radius 3 is 2.64 bits per heavy atom. The number of rotatable bonds is 5. The topological polar surface area (TPSA) is 32.8 Å². The number of aryl methyl sites for hydroxylation is 1. The Labute approximate surface area is 133 Å². The van der Waals surface area contributed by atoms with Crippen LogP contribution in [-0.4, -0.2) is 54.5 Å². The van der Waals surface area contributed by atoms with Crippen molar-refractivity contribution >= 4 is 5.91 Å². The van der Waals surface area contributed by atoms with Crippen LogP contribution in [0.3, 0.4) is 0 Å². The minimum atomic E-state index is -0.452. The predicted octanol–water partition coefficient (Wildman–Crippen LogP) is 2.40. The van der Waals surface area contributed by atoms with E-state index < -0.39 is 6.10 Å². The number of ether oxygens (including phenoxy) is 1. The summed E-state index contributed by atoms with van der Waals surface area (Å²) in [4.78, 5) is 16.7. The summed E-state index contributed by atoms with van der Waals surface area (Å²) in [5, 5.41) is 0. The van der Waals surface area contributed by atoms with Crippen LogP contribution in [0.1, 0.15) is 18.1 Å². The second-order valence-corrected chi connectivity index (χ2v) is 5.87. The molecule has 1 aromatic carbocycles. The molecule has 0 N–H and O–H groups in total. The summed E-state index contributed by atoms with van der Waals surface area (Å²) in [5.41, 5.74) is 2.27. The Hall–Kier alpha value is -1.81. The lowest BCUT2D eigenvalue weighted by atomic mass is 10.1. The standard InChI is InChI=1S/C18H26N2O2/c1-5-9-19-10-12-20(13-11-19)18(21)16(4)22-17-8-6-7-14(2)15(17)3/h5-8,16H,1,9-13H2,2-4H3/t16-/m1/s1. The average Bonchev–Trinajstić information content (AvgIpc) is 2.52. The molecule has 4 heteroatoms. The molecule has 0 spiro atoms. The van der Waals surface area contributed by atoms with E-state index >= 15 is 0 Å². The molecule has 4 nitrogen and oxygen atoms in total. The van der Waals surface area contributed by atoms with Crippen LogP contribution in [0, 0.1) is 13.8 Å². The zero-order valence-electron chi connectivity index (χ0n) is 13.8. The summed E-state index contributed by atoms with van der Waals surface area (Å²) in [7, 11) is 0. The molecule has 120 valence electrons. The van der Waals surface area contributed by atoms with Crippen LogP contribution in [0.25, 0.3) is 0 Å². The zero-order valence-corrected chi connectivity index (χ0v) is 13.8. The van der Waals surface area contributed by atoms with E-state index in [1.165, 1.54) is 5.56 Å². The summed E-state index contributed by atoms with van der Waals surface area (Å²) in [6.07, 6.45) is 1.45. The molecule has 0 radical (unpaired) electrons. The van der Waals surface area contributed by atoms with E-state index in [0.29, 0.717) is 0 Å². The fraction of sp³-hybridized carbons (Fsp3) is 0.500. The Kier molecular flexibility index (Phi) is 5.61. The Morgan fingerprint density at radius 1 is 1.32 bits per heavy atom. The molecule has 0 aliphatic carbocycles. The van der Waals surface area contributed by atoms with Gasteiger partial charge in [-0.25, -0.2) is 0 Å². The molecule has 1 atom stereocenters. The highest BCUT2D eigenvalue weighted by Crippen LogP contribution is 2.22. The number of nitrogens with zero attached hydrogens (tertiary/aromatic N) is 2. The molecule has 2 rings (SSSR count). The second kappa shape index (κ2) is 7.45. The maximum Gasteiger partial charge on any atom is 0.263 e. The molecule has 1 fully saturated rings. The van der Waals surface area contributed by atoms with Gasteiger partial charge < -0.3 is 9.64 Å². The first-order chi connectivity index (χ1) is 10.5. The van der Waals surface area contributed by atoms with Crippen LogP contribution in [0.4, 0.5) is 0 Å². The number of benzene rings is 1. The molecule has 0 bridgehead atoms. The maximum absolute atomic E-state index is 12.5. The van der Waals surface area contributed by atoms with Crippen molar-refractivity contribution in [2.45, 2.75) is 26.9 Å². The molecule has 1 saturated heterocycles. The van der Waals surface area contributed by atoms with Gasteiger partial charge in [-0.15, -0.1) is 6.58 Å². The van der Waals surface area contributed by atoms with Crippen molar-refractivity contribution < 1.29 is 9.53 Å². The second-order valence-electron chi connectivity index (χ2n) is 5.87. The number of carbonyl (C=O) groups is 1. The third-order valence-electron chi connectivity index (χ3n) is 4.28. The third-order valence-corrected chi connectivity index (χ3v) is 4.28. The average molecular weight is 302 g/mol. The highest BCUT2D eigenvalue weighted by atomic mass is 16.5. The monoisotopic (exact) mass is 302 g/mol. The minimum Gasteiger partial charge on any atom is -0.481 e. The first kappa shape index (κ1) is 16.6. The first-order valence-corrected chi connectivity index (χ1v) is 7.88. The largest absolute Gasteiger partial charge is 0.481 e. The van der Waals surface area contributed by atoms with E-state index in [2.05, 4.69) is 11.5 Å². The van der Waals surface area contributed by atoms with Gasteiger partial charge in [0, 0.05) is 32.7 Å². The molecule has 0 saturated carbocycles. The van der Waals surface area contributed by atoms with Gasteiger partial charge in [-0.05, 0) is 38.0 Å². The predicted molar refractivity (Wildman–Crippen MR) is 89.2 cm³/mol. The Balaban J connectivity index is 1.92. The molecule has 1 aromatic rings. The van der Waals surface area contributed by atoms with E-state index in [9.17, 15) is 4.79 Å². The van der Waals surface area contributed by atoms with Gasteiger partial charge in [-0.2, -0.15) is 0 Å². The molecule has 0 unspecified atom stereocenters. The third kappa shape index (κ3) is 3.89. The molecule has 1 amide bonds. The van der Waals surface area contributed by atoms with Crippen LogP contribution in [0.15, 0.2) is 30.9 Å². The normalized spacial score (nSPS) is 17.1. The lowest BCUT2D eigenvalue weighted by Gasteiger charge is -2.35. The molecule has 1 aliphatic heterocycles.